The highest BCUT2D eigenvalue weighted by atomic mass is 35.5. The number of aliphatic hydroxyl groups excluding tert-OH is 1. The van der Waals surface area contributed by atoms with Gasteiger partial charge in [-0.05, 0) is 11.8 Å². The largest absolute Gasteiger partial charge is 0.468 e. The number of carbonyl (C=O) groups excluding carboxylic acids is 1. The molecule has 1 aliphatic heterocycles. The molecule has 0 aromatic rings. The van der Waals surface area contributed by atoms with Gasteiger partial charge in [-0.1, -0.05) is 0 Å². The third-order valence-electron chi connectivity index (χ3n) is 1.69. The summed E-state index contributed by atoms with van der Waals surface area (Å²) in [5.41, 5.74) is 0. The van der Waals surface area contributed by atoms with E-state index in [0.717, 1.165) is 0 Å². The highest BCUT2D eigenvalue weighted by molar-refractivity contribution is 6.15. The summed E-state index contributed by atoms with van der Waals surface area (Å²) in [5.74, 6) is -0.392. The van der Waals surface area contributed by atoms with Gasteiger partial charge in [-0.15, -0.1) is 0 Å². The molecule has 0 saturated carbocycles. The van der Waals surface area contributed by atoms with Gasteiger partial charge in [0.2, 0.25) is 0 Å². The number of hydrogen-bond acceptors (Lipinski definition) is 4. The van der Waals surface area contributed by atoms with Crippen LogP contribution in [0.4, 0.5) is 0 Å². The average molecular weight is 180 g/mol. The van der Waals surface area contributed by atoms with Gasteiger partial charge < -0.3 is 9.84 Å². The highest BCUT2D eigenvalue weighted by Crippen LogP contribution is 2.20. The van der Waals surface area contributed by atoms with Crippen molar-refractivity contribution in [1.82, 2.24) is 4.42 Å². The van der Waals surface area contributed by atoms with Crippen LogP contribution in [0.3, 0.4) is 0 Å². The minimum absolute atomic E-state index is 0.321. The van der Waals surface area contributed by atoms with Crippen LogP contribution in [0.15, 0.2) is 0 Å². The number of methoxy groups -OCH3 is 1. The molecule has 5 heteroatoms. The van der Waals surface area contributed by atoms with Crippen LogP contribution in [0.5, 0.6) is 0 Å². The van der Waals surface area contributed by atoms with Crippen molar-refractivity contribution in [2.45, 2.75) is 18.6 Å². The first-order valence-corrected chi connectivity index (χ1v) is 3.67. The van der Waals surface area contributed by atoms with E-state index in [4.69, 9.17) is 16.9 Å². The number of hydrogen-bond donors (Lipinski definition) is 1. The van der Waals surface area contributed by atoms with Gasteiger partial charge in [0.15, 0.2) is 0 Å². The molecule has 64 valence electrons. The minimum Gasteiger partial charge on any atom is -0.468 e. The maximum absolute atomic E-state index is 10.9. The summed E-state index contributed by atoms with van der Waals surface area (Å²) in [7, 11) is 1.30. The molecule has 0 bridgehead atoms. The van der Waals surface area contributed by atoms with E-state index in [1.165, 1.54) is 11.5 Å². The number of aliphatic hydroxyl groups is 1. The van der Waals surface area contributed by atoms with Gasteiger partial charge in [-0.2, -0.15) is 0 Å². The topological polar surface area (TPSA) is 49.8 Å². The van der Waals surface area contributed by atoms with E-state index in [9.17, 15) is 4.79 Å². The number of carbonyl (C=O) groups is 1. The third-order valence-corrected chi connectivity index (χ3v) is 2.07. The van der Waals surface area contributed by atoms with Crippen LogP contribution in [0.25, 0.3) is 0 Å². The normalized spacial score (nSPS) is 32.3. The molecule has 0 spiro atoms. The molecule has 0 unspecified atom stereocenters. The minimum atomic E-state index is -0.517. The molecule has 2 atom stereocenters. The monoisotopic (exact) mass is 179 g/mol. The molecule has 0 aromatic heterocycles. The Bertz CT molecular complexity index is 164. The maximum Gasteiger partial charge on any atom is 0.324 e. The lowest BCUT2D eigenvalue weighted by Crippen LogP contribution is -2.30. The van der Waals surface area contributed by atoms with Gasteiger partial charge >= 0.3 is 5.97 Å². The van der Waals surface area contributed by atoms with Crippen molar-refractivity contribution in [3.8, 4) is 0 Å². The molecule has 1 saturated heterocycles. The zero-order valence-electron chi connectivity index (χ0n) is 6.16. The number of halogens is 1. The Balaban J connectivity index is 2.52. The lowest BCUT2D eigenvalue weighted by Gasteiger charge is -2.12. The zero-order valence-corrected chi connectivity index (χ0v) is 6.91. The van der Waals surface area contributed by atoms with Crippen LogP contribution in [0.2, 0.25) is 0 Å². The molecular formula is C6H10ClNO3. The number of β-amino-alcohol motifs (C(OH)–C–C–N with tert-alkyl or cyclic N) is 1. The molecule has 1 rings (SSSR count). The summed E-state index contributed by atoms with van der Waals surface area (Å²) in [5, 5.41) is 9.08. The molecule has 11 heavy (non-hydrogen) atoms. The fourth-order valence-corrected chi connectivity index (χ4v) is 1.44. The molecule has 1 heterocycles. The van der Waals surface area contributed by atoms with Crippen LogP contribution in [0.1, 0.15) is 6.42 Å². The van der Waals surface area contributed by atoms with Crippen LogP contribution >= 0.6 is 11.8 Å². The van der Waals surface area contributed by atoms with E-state index in [1.807, 2.05) is 0 Å². The molecule has 0 radical (unpaired) electrons. The molecular weight excluding hydrogens is 170 g/mol. The van der Waals surface area contributed by atoms with Gasteiger partial charge in [-0.25, -0.2) is 4.42 Å². The quantitative estimate of drug-likeness (QED) is 0.446. The van der Waals surface area contributed by atoms with Crippen molar-refractivity contribution in [2.75, 3.05) is 13.7 Å². The lowest BCUT2D eigenvalue weighted by molar-refractivity contribution is -0.144. The average Bonchev–Trinajstić information content (AvgIpc) is 2.28. The molecule has 1 aliphatic rings. The Kier molecular flexibility index (Phi) is 2.70. The first-order chi connectivity index (χ1) is 5.15. The van der Waals surface area contributed by atoms with Crippen LogP contribution in [-0.4, -0.2) is 41.3 Å². The molecule has 0 aliphatic carbocycles. The van der Waals surface area contributed by atoms with E-state index < -0.39 is 18.1 Å². The second-order valence-corrected chi connectivity index (χ2v) is 2.94. The summed E-state index contributed by atoms with van der Waals surface area (Å²) in [6.45, 7) is 0.321. The van der Waals surface area contributed by atoms with Crippen molar-refractivity contribution in [2.24, 2.45) is 0 Å². The van der Waals surface area contributed by atoms with Gasteiger partial charge in [0.25, 0.3) is 0 Å². The number of rotatable bonds is 1. The summed E-state index contributed by atoms with van der Waals surface area (Å²) >= 11 is 5.62. The fourth-order valence-electron chi connectivity index (χ4n) is 1.12. The molecule has 1 fully saturated rings. The lowest BCUT2D eigenvalue weighted by atomic mass is 10.2. The number of esters is 1. The molecule has 0 aromatic carbocycles. The second-order valence-electron chi connectivity index (χ2n) is 2.51. The predicted octanol–water partition coefficient (Wildman–Crippen LogP) is -0.252. The van der Waals surface area contributed by atoms with Crippen molar-refractivity contribution in [3.63, 3.8) is 0 Å². The smallest absolute Gasteiger partial charge is 0.324 e. The zero-order chi connectivity index (χ0) is 8.43. The Labute approximate surface area is 69.8 Å². The summed E-state index contributed by atoms with van der Waals surface area (Å²) < 4.78 is 5.75. The van der Waals surface area contributed by atoms with E-state index in [0.29, 0.717) is 13.0 Å². The standard InChI is InChI=1S/C6H10ClNO3/c1-11-6(10)5-2-4(9)3-8(5)7/h4-5,9H,2-3H2,1H3/t4-,5-/m0/s1. The number of ether oxygens (including phenoxy) is 1. The fraction of sp³-hybridized carbons (Fsp3) is 0.833. The van der Waals surface area contributed by atoms with E-state index in [-0.39, 0.29) is 0 Å². The SMILES string of the molecule is COC(=O)[C@@H]1C[C@H](O)CN1Cl. The first-order valence-electron chi connectivity index (χ1n) is 3.33. The van der Waals surface area contributed by atoms with Crippen molar-refractivity contribution < 1.29 is 14.6 Å². The Hall–Kier alpha value is -0.320. The highest BCUT2D eigenvalue weighted by Gasteiger charge is 2.35. The van der Waals surface area contributed by atoms with Gasteiger partial charge in [-0.3, -0.25) is 4.79 Å². The third kappa shape index (κ3) is 1.83. The number of nitrogens with zero attached hydrogens (tertiary/aromatic N) is 1. The summed E-state index contributed by atoms with van der Waals surface area (Å²) in [6, 6.07) is -0.489. The van der Waals surface area contributed by atoms with Gasteiger partial charge in [0.05, 0.1) is 13.2 Å². The summed E-state index contributed by atoms with van der Waals surface area (Å²) in [4.78, 5) is 10.9. The van der Waals surface area contributed by atoms with E-state index in [1.54, 1.807) is 0 Å². The Morgan fingerprint density at radius 1 is 1.82 bits per heavy atom. The molecule has 0 amide bonds. The first kappa shape index (κ1) is 8.77. The second kappa shape index (κ2) is 3.38. The molecule has 1 N–H and O–H groups in total. The van der Waals surface area contributed by atoms with Crippen molar-refractivity contribution >= 4 is 17.7 Å². The van der Waals surface area contributed by atoms with Crippen molar-refractivity contribution in [3.05, 3.63) is 0 Å². The van der Waals surface area contributed by atoms with Gasteiger partial charge in [0.1, 0.15) is 6.04 Å². The molecule has 4 nitrogen and oxygen atoms in total. The van der Waals surface area contributed by atoms with Crippen molar-refractivity contribution in [1.29, 1.82) is 0 Å². The maximum atomic E-state index is 10.9. The van der Waals surface area contributed by atoms with Crippen LogP contribution in [-0.2, 0) is 9.53 Å². The Morgan fingerprint density at radius 2 is 2.45 bits per heavy atom. The van der Waals surface area contributed by atoms with E-state index in [2.05, 4.69) is 4.74 Å². The van der Waals surface area contributed by atoms with E-state index >= 15 is 0 Å². The van der Waals surface area contributed by atoms with Crippen LogP contribution in [0, 0.1) is 0 Å². The van der Waals surface area contributed by atoms with Crippen LogP contribution < -0.4 is 0 Å². The van der Waals surface area contributed by atoms with Gasteiger partial charge in [0, 0.05) is 13.0 Å². The summed E-state index contributed by atoms with van der Waals surface area (Å²) in [6.07, 6.45) is -0.160. The predicted molar refractivity (Wildman–Crippen MR) is 39.0 cm³/mol. The Morgan fingerprint density at radius 3 is 2.82 bits per heavy atom.